The largest absolute Gasteiger partial charge is 0.362 e. The predicted molar refractivity (Wildman–Crippen MR) is 38.9 cm³/mol. The molecule has 1 aromatic heterocycles. The Bertz CT molecular complexity index is 267. The molecule has 0 radical (unpaired) electrons. The quantitative estimate of drug-likeness (QED) is 0.538. The van der Waals surface area contributed by atoms with Crippen LogP contribution in [-0.2, 0) is 6.54 Å². The summed E-state index contributed by atoms with van der Waals surface area (Å²) in [5, 5.41) is 4.10. The van der Waals surface area contributed by atoms with Gasteiger partial charge in [-0.05, 0) is 19.9 Å². The van der Waals surface area contributed by atoms with E-state index in [4.69, 9.17) is 6.57 Å². The van der Waals surface area contributed by atoms with Gasteiger partial charge in [0.1, 0.15) is 0 Å². The van der Waals surface area contributed by atoms with Gasteiger partial charge in [0.25, 0.3) is 5.82 Å². The van der Waals surface area contributed by atoms with Gasteiger partial charge >= 0.3 is 0 Å². The molecule has 0 atom stereocenters. The molecule has 0 spiro atoms. The highest BCUT2D eigenvalue weighted by Crippen LogP contribution is 2.12. The average molecular weight is 135 g/mol. The van der Waals surface area contributed by atoms with Gasteiger partial charge in [0, 0.05) is 0 Å². The first-order chi connectivity index (χ1) is 4.77. The molecule has 10 heavy (non-hydrogen) atoms. The molecule has 0 aromatic carbocycles. The van der Waals surface area contributed by atoms with Gasteiger partial charge in [0.05, 0.1) is 12.2 Å². The van der Waals surface area contributed by atoms with E-state index >= 15 is 0 Å². The van der Waals surface area contributed by atoms with Gasteiger partial charge in [-0.2, -0.15) is 4.68 Å². The molecule has 1 heterocycles. The van der Waals surface area contributed by atoms with Crippen molar-refractivity contribution in [3.05, 3.63) is 23.2 Å². The number of rotatable bonds is 1. The minimum absolute atomic E-state index is 0.625. The fraction of sp³-hybridized carbons (Fsp3) is 0.429. The zero-order chi connectivity index (χ0) is 7.56. The van der Waals surface area contributed by atoms with Crippen LogP contribution in [0.1, 0.15) is 12.6 Å². The minimum atomic E-state index is 0.625. The van der Waals surface area contributed by atoms with E-state index in [1.807, 2.05) is 13.8 Å². The van der Waals surface area contributed by atoms with Gasteiger partial charge in [0.15, 0.2) is 0 Å². The van der Waals surface area contributed by atoms with Crippen molar-refractivity contribution in [1.29, 1.82) is 0 Å². The lowest BCUT2D eigenvalue weighted by atomic mass is 10.5. The SMILES string of the molecule is [C-]#[N+]c1cc(C)nn1CC. The standard InChI is InChI=1S/C7H9N3/c1-4-10-7(8-3)5-6(2)9-10/h5H,4H2,1-2H3. The second-order valence-electron chi connectivity index (χ2n) is 2.07. The van der Waals surface area contributed by atoms with Gasteiger partial charge in [-0.15, -0.1) is 5.10 Å². The van der Waals surface area contributed by atoms with Gasteiger partial charge < -0.3 is 4.85 Å². The van der Waals surface area contributed by atoms with E-state index in [1.54, 1.807) is 10.7 Å². The van der Waals surface area contributed by atoms with Crippen LogP contribution >= 0.6 is 0 Å². The first kappa shape index (κ1) is 6.81. The molecule has 1 aromatic rings. The van der Waals surface area contributed by atoms with Crippen molar-refractivity contribution in [2.45, 2.75) is 20.4 Å². The summed E-state index contributed by atoms with van der Waals surface area (Å²) in [6, 6.07) is 1.79. The Kier molecular flexibility index (Phi) is 1.72. The van der Waals surface area contributed by atoms with Crippen molar-refractivity contribution in [2.24, 2.45) is 0 Å². The van der Waals surface area contributed by atoms with Crippen LogP contribution in [0.2, 0.25) is 0 Å². The molecule has 0 aliphatic heterocycles. The van der Waals surface area contributed by atoms with Crippen LogP contribution in [0.5, 0.6) is 0 Å². The Labute approximate surface area is 60.1 Å². The molecule has 0 bridgehead atoms. The number of hydrogen-bond donors (Lipinski definition) is 0. The number of aromatic nitrogens is 2. The Morgan fingerprint density at radius 3 is 2.90 bits per heavy atom. The molecule has 0 aliphatic rings. The molecule has 3 nitrogen and oxygen atoms in total. The highest BCUT2D eigenvalue weighted by atomic mass is 15.3. The third kappa shape index (κ3) is 1.01. The van der Waals surface area contributed by atoms with Crippen molar-refractivity contribution in [2.75, 3.05) is 0 Å². The highest BCUT2D eigenvalue weighted by Gasteiger charge is 2.01. The van der Waals surface area contributed by atoms with Crippen LogP contribution in [0.4, 0.5) is 5.82 Å². The topological polar surface area (TPSA) is 22.2 Å². The fourth-order valence-corrected chi connectivity index (χ4v) is 0.855. The summed E-state index contributed by atoms with van der Waals surface area (Å²) in [7, 11) is 0. The summed E-state index contributed by atoms with van der Waals surface area (Å²) in [6.45, 7) is 11.4. The predicted octanol–water partition coefficient (Wildman–Crippen LogP) is 1.76. The van der Waals surface area contributed by atoms with Crippen LogP contribution in [0.3, 0.4) is 0 Å². The van der Waals surface area contributed by atoms with Crippen LogP contribution < -0.4 is 0 Å². The fourth-order valence-electron chi connectivity index (χ4n) is 0.855. The van der Waals surface area contributed by atoms with E-state index in [1.165, 1.54) is 0 Å². The average Bonchev–Trinajstić information content (AvgIpc) is 2.30. The van der Waals surface area contributed by atoms with E-state index in [2.05, 4.69) is 9.94 Å². The normalized spacial score (nSPS) is 9.30. The zero-order valence-electron chi connectivity index (χ0n) is 6.13. The van der Waals surface area contributed by atoms with E-state index in [0.29, 0.717) is 5.82 Å². The number of hydrogen-bond acceptors (Lipinski definition) is 1. The van der Waals surface area contributed by atoms with Crippen molar-refractivity contribution >= 4 is 5.82 Å². The minimum Gasteiger partial charge on any atom is -0.362 e. The molecule has 0 fully saturated rings. The Morgan fingerprint density at radius 2 is 2.50 bits per heavy atom. The first-order valence-corrected chi connectivity index (χ1v) is 3.20. The lowest BCUT2D eigenvalue weighted by Crippen LogP contribution is -1.94. The van der Waals surface area contributed by atoms with E-state index in [0.717, 1.165) is 12.2 Å². The summed E-state index contributed by atoms with van der Waals surface area (Å²) < 4.78 is 1.70. The van der Waals surface area contributed by atoms with Gasteiger partial charge in [-0.3, -0.25) is 0 Å². The van der Waals surface area contributed by atoms with Crippen LogP contribution in [0.15, 0.2) is 6.07 Å². The molecule has 0 N–H and O–H groups in total. The highest BCUT2D eigenvalue weighted by molar-refractivity contribution is 5.37. The lowest BCUT2D eigenvalue weighted by molar-refractivity contribution is 0.665. The Balaban J connectivity index is 3.12. The van der Waals surface area contributed by atoms with Crippen LogP contribution in [0, 0.1) is 13.5 Å². The van der Waals surface area contributed by atoms with Crippen molar-refractivity contribution in [3.8, 4) is 0 Å². The van der Waals surface area contributed by atoms with Crippen LogP contribution in [-0.4, -0.2) is 9.78 Å². The van der Waals surface area contributed by atoms with Crippen molar-refractivity contribution < 1.29 is 0 Å². The van der Waals surface area contributed by atoms with Crippen molar-refractivity contribution in [3.63, 3.8) is 0 Å². The maximum atomic E-state index is 6.77. The van der Waals surface area contributed by atoms with Crippen LogP contribution in [0.25, 0.3) is 4.85 Å². The third-order valence-corrected chi connectivity index (χ3v) is 1.29. The van der Waals surface area contributed by atoms with E-state index < -0.39 is 0 Å². The summed E-state index contributed by atoms with van der Waals surface area (Å²) in [5.41, 5.74) is 0.910. The van der Waals surface area contributed by atoms with Gasteiger partial charge in [-0.1, -0.05) is 6.57 Å². The summed E-state index contributed by atoms with van der Waals surface area (Å²) >= 11 is 0. The second kappa shape index (κ2) is 2.53. The summed E-state index contributed by atoms with van der Waals surface area (Å²) in [6.07, 6.45) is 0. The first-order valence-electron chi connectivity index (χ1n) is 3.20. The smallest absolute Gasteiger partial charge is 0.252 e. The van der Waals surface area contributed by atoms with E-state index in [-0.39, 0.29) is 0 Å². The maximum absolute atomic E-state index is 6.77. The maximum Gasteiger partial charge on any atom is 0.252 e. The zero-order valence-corrected chi connectivity index (χ0v) is 6.13. The Hall–Kier alpha value is -1.30. The molecule has 0 aliphatic carbocycles. The number of aryl methyl sites for hydroxylation is 2. The molecule has 52 valence electrons. The second-order valence-corrected chi connectivity index (χ2v) is 2.07. The third-order valence-electron chi connectivity index (χ3n) is 1.29. The summed E-state index contributed by atoms with van der Waals surface area (Å²) in [5.74, 6) is 0.625. The molecule has 0 unspecified atom stereocenters. The lowest BCUT2D eigenvalue weighted by Gasteiger charge is -1.90. The molecule has 3 heteroatoms. The molecular formula is C7H9N3. The molecule has 1 rings (SSSR count). The van der Waals surface area contributed by atoms with Gasteiger partial charge in [0.2, 0.25) is 0 Å². The van der Waals surface area contributed by atoms with Gasteiger partial charge in [-0.25, -0.2) is 0 Å². The number of nitrogens with zero attached hydrogens (tertiary/aromatic N) is 3. The molecule has 0 saturated carbocycles. The Morgan fingerprint density at radius 1 is 1.80 bits per heavy atom. The molecule has 0 saturated heterocycles. The summed E-state index contributed by atoms with van der Waals surface area (Å²) in [4.78, 5) is 3.31. The van der Waals surface area contributed by atoms with E-state index in [9.17, 15) is 0 Å². The van der Waals surface area contributed by atoms with Crippen molar-refractivity contribution in [1.82, 2.24) is 9.78 Å². The molecule has 0 amide bonds. The molecular weight excluding hydrogens is 126 g/mol. The monoisotopic (exact) mass is 135 g/mol.